The summed E-state index contributed by atoms with van der Waals surface area (Å²) in [4.78, 5) is 9.33. The molecule has 0 saturated heterocycles. The molecule has 0 bridgehead atoms. The van der Waals surface area contributed by atoms with Crippen LogP contribution in [0.15, 0.2) is 53.5 Å². The van der Waals surface area contributed by atoms with Crippen molar-refractivity contribution in [3.8, 4) is 5.75 Å². The molecule has 0 unspecified atom stereocenters. The van der Waals surface area contributed by atoms with E-state index in [4.69, 9.17) is 24.7 Å². The summed E-state index contributed by atoms with van der Waals surface area (Å²) in [6.07, 6.45) is 1.79. The molecule has 2 aromatic carbocycles. The van der Waals surface area contributed by atoms with Crippen LogP contribution in [0.5, 0.6) is 5.75 Å². The summed E-state index contributed by atoms with van der Waals surface area (Å²) < 4.78 is 0. The zero-order valence-corrected chi connectivity index (χ0v) is 19.3. The summed E-state index contributed by atoms with van der Waals surface area (Å²) in [7, 11) is 9.72. The van der Waals surface area contributed by atoms with Crippen LogP contribution in [0.4, 0.5) is 5.69 Å². The molecule has 3 nitrogen and oxygen atoms in total. The number of hydrogen-bond donors (Lipinski definition) is 1. The topological polar surface area (TPSA) is 45.5 Å². The number of aliphatic imine (C=N–C) groups is 1. The van der Waals surface area contributed by atoms with E-state index in [2.05, 4.69) is 50.9 Å². The van der Waals surface area contributed by atoms with E-state index in [0.717, 1.165) is 16.8 Å². The molecule has 147 valence electrons. The van der Waals surface area contributed by atoms with Gasteiger partial charge in [-0.3, -0.25) is 4.99 Å². The molecular weight excluding hydrogens is 430 g/mol. The Morgan fingerprint density at radius 1 is 0.929 bits per heavy atom. The molecule has 1 heterocycles. The maximum absolute atomic E-state index is 10.0. The third kappa shape index (κ3) is 5.74. The summed E-state index contributed by atoms with van der Waals surface area (Å²) in [5.41, 5.74) is 4.86. The Kier molecular flexibility index (Phi) is 8.84. The van der Waals surface area contributed by atoms with Gasteiger partial charge in [0.05, 0.1) is 17.6 Å². The second-order valence-electron chi connectivity index (χ2n) is 7.00. The fourth-order valence-electron chi connectivity index (χ4n) is 3.01. The van der Waals surface area contributed by atoms with Gasteiger partial charge in [0.2, 0.25) is 0 Å². The molecular formula is C22H24Cl2N2OV. The monoisotopic (exact) mass is 453 g/mol. The molecule has 6 heteroatoms. The number of halogens is 2. The Labute approximate surface area is 182 Å². The van der Waals surface area contributed by atoms with Crippen molar-refractivity contribution in [2.75, 3.05) is 0 Å². The minimum atomic E-state index is -0.368. The molecule has 0 aliphatic heterocycles. The Morgan fingerprint density at radius 3 is 2.07 bits per heavy atom. The zero-order valence-electron chi connectivity index (χ0n) is 16.4. The van der Waals surface area contributed by atoms with Gasteiger partial charge in [-0.05, 0) is 35.1 Å². The van der Waals surface area contributed by atoms with Gasteiger partial charge in [-0.2, -0.15) is 0 Å². The van der Waals surface area contributed by atoms with Crippen LogP contribution in [-0.4, -0.2) is 16.3 Å². The summed E-state index contributed by atoms with van der Waals surface area (Å²) in [5.74, 6) is 0.997. The average molecular weight is 454 g/mol. The number of benzene rings is 2. The summed E-state index contributed by atoms with van der Waals surface area (Å²) in [6.45, 7) is 8.74. The molecule has 0 aliphatic carbocycles. The number of nitrogens with zero attached hydrogens (tertiary/aromatic N) is 2. The average Bonchev–Trinajstić information content (AvgIpc) is 2.67. The second-order valence-corrected chi connectivity index (χ2v) is 9.31. The van der Waals surface area contributed by atoms with E-state index < -0.39 is 0 Å². The fourth-order valence-corrected chi connectivity index (χ4v) is 3.01. The van der Waals surface area contributed by atoms with Crippen LogP contribution in [-0.2, 0) is 14.4 Å². The molecule has 1 aromatic heterocycles. The van der Waals surface area contributed by atoms with Crippen LogP contribution in [0, 0.1) is 0 Å². The number of aromatic nitrogens is 1. The number of fused-ring (bicyclic) bond motifs is 1. The van der Waals surface area contributed by atoms with E-state index in [1.807, 2.05) is 24.3 Å². The molecule has 1 N–H and O–H groups in total. The van der Waals surface area contributed by atoms with Crippen LogP contribution in [0.1, 0.15) is 56.4 Å². The first-order valence-corrected chi connectivity index (χ1v) is 12.9. The molecule has 0 fully saturated rings. The van der Waals surface area contributed by atoms with E-state index in [0.29, 0.717) is 17.4 Å². The normalized spacial score (nSPS) is 11.1. The standard InChI is InChI=1S/C22H24N2O.2ClH.V/c1-14(2)18-8-6-9-19(15(3)4)22(18)23-13-17-12-11-16-7-5-10-20(25)21(16)24-17;;;/h5-15,25H,1-4H3;2*1H;/q;;;+2/p-2. The van der Waals surface area contributed by atoms with Gasteiger partial charge in [-0.15, -0.1) is 0 Å². The maximum atomic E-state index is 10.0. The predicted octanol–water partition coefficient (Wildman–Crippen LogP) is 7.31. The fraction of sp³-hybridized carbons (Fsp3) is 0.273. The third-order valence-corrected chi connectivity index (χ3v) is 4.39. The van der Waals surface area contributed by atoms with E-state index >= 15 is 0 Å². The third-order valence-electron chi connectivity index (χ3n) is 4.39. The quantitative estimate of drug-likeness (QED) is 0.420. The van der Waals surface area contributed by atoms with E-state index in [9.17, 15) is 5.11 Å². The molecule has 3 rings (SSSR count). The number of para-hydroxylation sites is 2. The first kappa shape index (κ1) is 22.8. The predicted molar refractivity (Wildman–Crippen MR) is 117 cm³/mol. The van der Waals surface area contributed by atoms with Gasteiger partial charge in [0.25, 0.3) is 0 Å². The number of aromatic hydroxyl groups is 1. The van der Waals surface area contributed by atoms with Crippen molar-refractivity contribution in [1.82, 2.24) is 4.98 Å². The van der Waals surface area contributed by atoms with Crippen molar-refractivity contribution in [3.05, 3.63) is 65.4 Å². The van der Waals surface area contributed by atoms with E-state index in [1.54, 1.807) is 12.3 Å². The van der Waals surface area contributed by atoms with Crippen LogP contribution in [0.3, 0.4) is 0 Å². The van der Waals surface area contributed by atoms with Gasteiger partial charge in [0, 0.05) is 5.39 Å². The molecule has 0 radical (unpaired) electrons. The SMILES string of the molecule is CC(C)c1cccc(C(C)C)c1N=Cc1ccc2cccc(O)c2n1.[Cl][V][Cl]. The molecule has 28 heavy (non-hydrogen) atoms. The molecule has 0 atom stereocenters. The van der Waals surface area contributed by atoms with Crippen molar-refractivity contribution < 1.29 is 19.5 Å². The minimum absolute atomic E-state index is 0.193. The van der Waals surface area contributed by atoms with Crippen LogP contribution in [0.2, 0.25) is 0 Å². The van der Waals surface area contributed by atoms with Crippen molar-refractivity contribution in [2.24, 2.45) is 4.99 Å². The molecule has 3 aromatic rings. The van der Waals surface area contributed by atoms with Gasteiger partial charge < -0.3 is 5.11 Å². The molecule has 0 aliphatic rings. The van der Waals surface area contributed by atoms with Crippen molar-refractivity contribution in [3.63, 3.8) is 0 Å². The number of rotatable bonds is 4. The Morgan fingerprint density at radius 2 is 1.50 bits per heavy atom. The Balaban J connectivity index is 0.000000878. The van der Waals surface area contributed by atoms with Crippen molar-refractivity contribution in [2.45, 2.75) is 39.5 Å². The van der Waals surface area contributed by atoms with Crippen LogP contribution < -0.4 is 0 Å². The van der Waals surface area contributed by atoms with Crippen molar-refractivity contribution >= 4 is 42.5 Å². The number of hydrogen-bond acceptors (Lipinski definition) is 3. The first-order chi connectivity index (χ1) is 13.4. The molecule has 0 amide bonds. The zero-order chi connectivity index (χ0) is 20.7. The van der Waals surface area contributed by atoms with Crippen LogP contribution >= 0.6 is 19.7 Å². The van der Waals surface area contributed by atoms with Crippen LogP contribution in [0.25, 0.3) is 10.9 Å². The Bertz CT molecular complexity index is 932. The molecule has 0 saturated carbocycles. The summed E-state index contributed by atoms with van der Waals surface area (Å²) in [6, 6.07) is 15.7. The molecule has 0 spiro atoms. The Hall–Kier alpha value is -1.52. The van der Waals surface area contributed by atoms with Gasteiger partial charge in [-0.25, -0.2) is 4.98 Å². The number of pyridine rings is 1. The van der Waals surface area contributed by atoms with Gasteiger partial charge in [-0.1, -0.05) is 64.1 Å². The first-order valence-electron chi connectivity index (χ1n) is 9.06. The number of phenolic OH excluding ortho intramolecular Hbond substituents is 1. The van der Waals surface area contributed by atoms with Gasteiger partial charge in [0.15, 0.2) is 0 Å². The van der Waals surface area contributed by atoms with Crippen molar-refractivity contribution in [1.29, 1.82) is 0 Å². The second kappa shape index (κ2) is 10.9. The van der Waals surface area contributed by atoms with Gasteiger partial charge in [0.1, 0.15) is 11.3 Å². The van der Waals surface area contributed by atoms with E-state index in [1.165, 1.54) is 11.1 Å². The summed E-state index contributed by atoms with van der Waals surface area (Å²) >= 11 is -0.368. The van der Waals surface area contributed by atoms with E-state index in [-0.39, 0.29) is 20.1 Å². The van der Waals surface area contributed by atoms with Gasteiger partial charge >= 0.3 is 34.1 Å². The summed E-state index contributed by atoms with van der Waals surface area (Å²) in [5, 5.41) is 10.9. The number of phenols is 1.